The highest BCUT2D eigenvalue weighted by molar-refractivity contribution is 5.98. The third-order valence-electron chi connectivity index (χ3n) is 7.22. The molecule has 3 aromatic rings. The lowest BCUT2D eigenvalue weighted by Crippen LogP contribution is -2.54. The van der Waals surface area contributed by atoms with E-state index in [0.29, 0.717) is 38.0 Å². The number of rotatable bonds is 10. The van der Waals surface area contributed by atoms with Crippen molar-refractivity contribution in [1.29, 1.82) is 0 Å². The summed E-state index contributed by atoms with van der Waals surface area (Å²) in [5.74, 6) is -0.313. The van der Waals surface area contributed by atoms with Crippen LogP contribution in [0.15, 0.2) is 77.8 Å². The first-order valence-electron chi connectivity index (χ1n) is 13.4. The maximum absolute atomic E-state index is 13.8. The van der Waals surface area contributed by atoms with Gasteiger partial charge in [-0.25, -0.2) is 4.99 Å². The van der Waals surface area contributed by atoms with Crippen LogP contribution in [0, 0.1) is 0 Å². The Morgan fingerprint density at radius 2 is 1.82 bits per heavy atom. The first-order valence-corrected chi connectivity index (χ1v) is 13.4. The van der Waals surface area contributed by atoms with E-state index in [4.69, 9.17) is 16.2 Å². The summed E-state index contributed by atoms with van der Waals surface area (Å²) in [6, 6.07) is 22.2. The number of nitrogens with zero attached hydrogens (tertiary/aromatic N) is 2. The van der Waals surface area contributed by atoms with Crippen molar-refractivity contribution in [3.05, 3.63) is 83.9 Å². The molecule has 2 unspecified atom stereocenters. The van der Waals surface area contributed by atoms with Crippen LogP contribution < -0.4 is 22.1 Å². The van der Waals surface area contributed by atoms with Gasteiger partial charge in [0.15, 0.2) is 5.96 Å². The number of hydrogen-bond donors (Lipinski definition) is 4. The molecule has 0 bridgehead atoms. The molecule has 6 N–H and O–H groups in total. The number of hydrogen-bond acceptors (Lipinski definition) is 5. The maximum atomic E-state index is 13.8. The highest BCUT2D eigenvalue weighted by atomic mass is 16.5. The summed E-state index contributed by atoms with van der Waals surface area (Å²) in [5.41, 5.74) is 13.0. The first kappa shape index (κ1) is 28.1. The minimum absolute atomic E-state index is 0.0625. The molecule has 1 heterocycles. The molecule has 0 saturated carbocycles. The number of methoxy groups -OCH3 is 1. The van der Waals surface area contributed by atoms with Gasteiger partial charge in [-0.2, -0.15) is 0 Å². The summed E-state index contributed by atoms with van der Waals surface area (Å²) < 4.78 is 5.76. The van der Waals surface area contributed by atoms with Crippen LogP contribution >= 0.6 is 0 Å². The van der Waals surface area contributed by atoms with E-state index in [-0.39, 0.29) is 29.9 Å². The van der Waals surface area contributed by atoms with Crippen molar-refractivity contribution >= 4 is 28.5 Å². The van der Waals surface area contributed by atoms with Crippen LogP contribution in [0.4, 0.5) is 0 Å². The normalized spacial score (nSPS) is 19.2. The number of nitrogens with two attached hydrogens (primary N) is 2. The van der Waals surface area contributed by atoms with Gasteiger partial charge in [-0.1, -0.05) is 67.6 Å². The van der Waals surface area contributed by atoms with Crippen LogP contribution in [-0.2, 0) is 9.53 Å². The Hall–Kier alpha value is -3.95. The summed E-state index contributed by atoms with van der Waals surface area (Å²) >= 11 is 0. The highest BCUT2D eigenvalue weighted by Crippen LogP contribution is 2.22. The Kier molecular flexibility index (Phi) is 9.51. The SMILES string of the molecule is CCC(N=C(N)N)[C@@H]1N[C@H](CNC(=O)c2ccc3ccccc3c2)CCN(CC(OC)c2ccccc2)C1=O. The van der Waals surface area contributed by atoms with Crippen LogP contribution in [0.25, 0.3) is 10.8 Å². The molecule has 4 atom stereocenters. The van der Waals surface area contributed by atoms with E-state index < -0.39 is 12.1 Å². The average molecular weight is 531 g/mol. The van der Waals surface area contributed by atoms with Crippen LogP contribution in [-0.4, -0.2) is 67.5 Å². The Balaban J connectivity index is 1.50. The Bertz CT molecular complexity index is 1290. The number of nitrogens with one attached hydrogen (secondary N) is 2. The molecule has 0 spiro atoms. The van der Waals surface area contributed by atoms with E-state index in [1.807, 2.05) is 84.6 Å². The zero-order valence-corrected chi connectivity index (χ0v) is 22.5. The van der Waals surface area contributed by atoms with Gasteiger partial charge in [-0.05, 0) is 41.3 Å². The Labute approximate surface area is 229 Å². The molecular formula is C30H38N6O3. The lowest BCUT2D eigenvalue weighted by Gasteiger charge is -2.30. The number of carbonyl (C=O) groups is 2. The van der Waals surface area contributed by atoms with Gasteiger partial charge in [0.2, 0.25) is 5.91 Å². The van der Waals surface area contributed by atoms with E-state index in [1.54, 1.807) is 7.11 Å². The van der Waals surface area contributed by atoms with E-state index in [0.717, 1.165) is 16.3 Å². The smallest absolute Gasteiger partial charge is 0.251 e. The molecule has 3 aromatic carbocycles. The van der Waals surface area contributed by atoms with Gasteiger partial charge in [0.1, 0.15) is 6.04 Å². The molecule has 4 rings (SSSR count). The minimum Gasteiger partial charge on any atom is -0.375 e. The van der Waals surface area contributed by atoms with Crippen LogP contribution in [0.5, 0.6) is 0 Å². The lowest BCUT2D eigenvalue weighted by atomic mass is 10.0. The summed E-state index contributed by atoms with van der Waals surface area (Å²) in [7, 11) is 1.65. The van der Waals surface area contributed by atoms with Gasteiger partial charge in [0.25, 0.3) is 5.91 Å². The number of amides is 2. The van der Waals surface area contributed by atoms with Gasteiger partial charge in [-0.3, -0.25) is 14.9 Å². The largest absolute Gasteiger partial charge is 0.375 e. The zero-order chi connectivity index (χ0) is 27.8. The van der Waals surface area contributed by atoms with Crippen molar-refractivity contribution in [3.63, 3.8) is 0 Å². The van der Waals surface area contributed by atoms with Crippen molar-refractivity contribution in [1.82, 2.24) is 15.5 Å². The van der Waals surface area contributed by atoms with Gasteiger partial charge in [0.05, 0.1) is 18.7 Å². The van der Waals surface area contributed by atoms with Crippen LogP contribution in [0.1, 0.15) is 41.8 Å². The third kappa shape index (κ3) is 7.13. The Morgan fingerprint density at radius 3 is 2.51 bits per heavy atom. The second kappa shape index (κ2) is 13.2. The first-order chi connectivity index (χ1) is 18.9. The van der Waals surface area contributed by atoms with Crippen molar-refractivity contribution in [2.24, 2.45) is 16.5 Å². The standard InChI is InChI=1S/C30H38N6O3/c1-3-25(35-30(31)32)27-29(38)36(19-26(39-2)21-10-5-4-6-11-21)16-15-24(34-27)18-33-28(37)23-14-13-20-9-7-8-12-22(20)17-23/h4-14,17,24-27,34H,3,15-16,18-19H2,1-2H3,(H,33,37)(H4,31,32,35)/t24-,25?,26?,27-/m0/s1. The van der Waals surface area contributed by atoms with Crippen LogP contribution in [0.2, 0.25) is 0 Å². The quantitative estimate of drug-likeness (QED) is 0.235. The third-order valence-corrected chi connectivity index (χ3v) is 7.22. The summed E-state index contributed by atoms with van der Waals surface area (Å²) in [6.45, 7) is 3.20. The topological polar surface area (TPSA) is 135 Å². The molecule has 1 saturated heterocycles. The molecule has 39 heavy (non-hydrogen) atoms. The van der Waals surface area contributed by atoms with Gasteiger partial charge >= 0.3 is 0 Å². The molecule has 1 fully saturated rings. The number of benzene rings is 3. The molecule has 0 radical (unpaired) electrons. The number of fused-ring (bicyclic) bond motifs is 1. The van der Waals surface area contributed by atoms with Crippen molar-refractivity contribution in [2.45, 2.75) is 44.0 Å². The van der Waals surface area contributed by atoms with Crippen LogP contribution in [0.3, 0.4) is 0 Å². The molecule has 1 aliphatic rings. The highest BCUT2D eigenvalue weighted by Gasteiger charge is 2.36. The zero-order valence-electron chi connectivity index (χ0n) is 22.5. The van der Waals surface area contributed by atoms with E-state index >= 15 is 0 Å². The molecule has 0 aliphatic carbocycles. The van der Waals surface area contributed by atoms with E-state index in [2.05, 4.69) is 15.6 Å². The fourth-order valence-electron chi connectivity index (χ4n) is 5.07. The summed E-state index contributed by atoms with van der Waals surface area (Å²) in [5, 5.41) is 8.59. The van der Waals surface area contributed by atoms with Gasteiger partial charge in [-0.15, -0.1) is 0 Å². The molecule has 2 amide bonds. The molecule has 9 heteroatoms. The predicted molar refractivity (Wildman–Crippen MR) is 154 cm³/mol. The van der Waals surface area contributed by atoms with Gasteiger partial charge < -0.3 is 26.4 Å². The number of aliphatic imine (C=N–C) groups is 1. The number of carbonyl (C=O) groups excluding carboxylic acids is 2. The molecular weight excluding hydrogens is 492 g/mol. The van der Waals surface area contributed by atoms with E-state index in [1.165, 1.54) is 0 Å². The Morgan fingerprint density at radius 1 is 1.10 bits per heavy atom. The second-order valence-electron chi connectivity index (χ2n) is 9.85. The monoisotopic (exact) mass is 530 g/mol. The molecule has 1 aliphatic heterocycles. The molecule has 206 valence electrons. The second-order valence-corrected chi connectivity index (χ2v) is 9.85. The summed E-state index contributed by atoms with van der Waals surface area (Å²) in [6.07, 6.45) is 0.935. The van der Waals surface area contributed by atoms with E-state index in [9.17, 15) is 9.59 Å². The predicted octanol–water partition coefficient (Wildman–Crippen LogP) is 2.57. The fourth-order valence-corrected chi connectivity index (χ4v) is 5.07. The lowest BCUT2D eigenvalue weighted by molar-refractivity contribution is -0.135. The van der Waals surface area contributed by atoms with Gasteiger partial charge in [0, 0.05) is 31.8 Å². The average Bonchev–Trinajstić information content (AvgIpc) is 3.11. The minimum atomic E-state index is -0.643. The maximum Gasteiger partial charge on any atom is 0.251 e. The number of ether oxygens (including phenoxy) is 1. The van der Waals surface area contributed by atoms with Crippen molar-refractivity contribution in [3.8, 4) is 0 Å². The summed E-state index contributed by atoms with van der Waals surface area (Å²) in [4.78, 5) is 33.0. The fraction of sp³-hybridized carbons (Fsp3) is 0.367. The molecule has 9 nitrogen and oxygen atoms in total. The number of guanidine groups is 1. The van der Waals surface area contributed by atoms with Crippen molar-refractivity contribution in [2.75, 3.05) is 26.7 Å². The molecule has 0 aromatic heterocycles. The van der Waals surface area contributed by atoms with Crippen molar-refractivity contribution < 1.29 is 14.3 Å².